The number of nitrogens with zero attached hydrogens (tertiary/aromatic N) is 2. The fraction of sp³-hybridized carbons (Fsp3) is 0.0667. The Kier molecular flexibility index (Phi) is 10.2. The molecule has 298 valence electrons. The summed E-state index contributed by atoms with van der Waals surface area (Å²) in [6.07, 6.45) is 8.63. The largest absolute Gasteiger partial charge is 0.310 e. The van der Waals surface area contributed by atoms with Gasteiger partial charge in [-0.05, 0) is 147 Å². The highest BCUT2D eigenvalue weighted by molar-refractivity contribution is 6.04. The molecular formula is C60H48N2. The van der Waals surface area contributed by atoms with Gasteiger partial charge in [-0.3, -0.25) is 0 Å². The lowest BCUT2D eigenvalue weighted by atomic mass is 9.79. The van der Waals surface area contributed by atoms with Crippen LogP contribution in [0.5, 0.6) is 0 Å². The number of anilines is 6. The highest BCUT2D eigenvalue weighted by Crippen LogP contribution is 2.54. The van der Waals surface area contributed by atoms with Gasteiger partial charge in [0.05, 0.1) is 0 Å². The van der Waals surface area contributed by atoms with Gasteiger partial charge in [-0.2, -0.15) is 0 Å². The van der Waals surface area contributed by atoms with E-state index in [9.17, 15) is 0 Å². The van der Waals surface area contributed by atoms with Crippen molar-refractivity contribution in [3.63, 3.8) is 0 Å². The Morgan fingerprint density at radius 1 is 0.371 bits per heavy atom. The number of hydrogen-bond donors (Lipinski definition) is 0. The summed E-state index contributed by atoms with van der Waals surface area (Å²) in [7, 11) is 0. The molecule has 1 aliphatic carbocycles. The van der Waals surface area contributed by atoms with E-state index in [0.29, 0.717) is 0 Å². The predicted molar refractivity (Wildman–Crippen MR) is 266 cm³/mol. The summed E-state index contributed by atoms with van der Waals surface area (Å²) in [5, 5.41) is 2.51. The Bertz CT molecular complexity index is 3060. The fourth-order valence-electron chi connectivity index (χ4n) is 9.35. The smallest absolute Gasteiger partial charge is 0.0468 e. The molecule has 9 aromatic carbocycles. The standard InChI is InChI=1S/C60H48N2/c1-4-5-10-23-47-40-57-54-38-36-53(62(49-26-17-9-18-27-49)51-34-30-46(31-35-51)44-21-13-7-14-22-44)42-58(54)60(2,3)59(57)55-39-37-52(41-56(47)55)61(48-24-15-8-16-25-48)50-32-28-45(29-33-50)43-19-11-6-12-20-43/h4-42H,1-3H3/b5-4-,23-10-. The highest BCUT2D eigenvalue weighted by Gasteiger charge is 2.38. The van der Waals surface area contributed by atoms with Crippen molar-refractivity contribution in [2.45, 2.75) is 26.2 Å². The third kappa shape index (κ3) is 7.10. The molecule has 1 aliphatic rings. The lowest BCUT2D eigenvalue weighted by Gasteiger charge is -2.29. The number of allylic oxidation sites excluding steroid dienone is 3. The minimum atomic E-state index is -0.266. The number of rotatable bonds is 10. The van der Waals surface area contributed by atoms with E-state index in [1.54, 1.807) is 0 Å². The molecule has 62 heavy (non-hydrogen) atoms. The third-order valence-corrected chi connectivity index (χ3v) is 12.3. The topological polar surface area (TPSA) is 6.48 Å². The zero-order valence-electron chi connectivity index (χ0n) is 35.4. The quantitative estimate of drug-likeness (QED) is 0.127. The lowest BCUT2D eigenvalue weighted by Crippen LogP contribution is -2.17. The number of hydrogen-bond acceptors (Lipinski definition) is 2. The van der Waals surface area contributed by atoms with E-state index in [4.69, 9.17) is 0 Å². The van der Waals surface area contributed by atoms with E-state index >= 15 is 0 Å². The molecular weight excluding hydrogens is 749 g/mol. The van der Waals surface area contributed by atoms with Crippen LogP contribution in [0.2, 0.25) is 0 Å². The van der Waals surface area contributed by atoms with Gasteiger partial charge < -0.3 is 9.80 Å². The van der Waals surface area contributed by atoms with Crippen LogP contribution in [-0.4, -0.2) is 0 Å². The molecule has 0 aliphatic heterocycles. The minimum Gasteiger partial charge on any atom is -0.310 e. The number of fused-ring (bicyclic) bond motifs is 5. The first-order valence-electron chi connectivity index (χ1n) is 21.5. The summed E-state index contributed by atoms with van der Waals surface area (Å²) in [4.78, 5) is 4.76. The van der Waals surface area contributed by atoms with Crippen molar-refractivity contribution in [1.82, 2.24) is 0 Å². The SMILES string of the molecule is C/C=C\C=C/c1cc2c(c3ccc(N(c4ccccc4)c4ccc(-c5ccccc5)cc4)cc13)C(C)(C)c1cc(N(c3ccccc3)c3ccc(-c4ccccc4)cc3)ccc1-2. The zero-order valence-corrected chi connectivity index (χ0v) is 35.4. The lowest BCUT2D eigenvalue weighted by molar-refractivity contribution is 0.666. The van der Waals surface area contributed by atoms with Gasteiger partial charge in [-0.1, -0.05) is 172 Å². The number of para-hydroxylation sites is 2. The fourth-order valence-corrected chi connectivity index (χ4v) is 9.35. The van der Waals surface area contributed by atoms with Crippen molar-refractivity contribution in [3.8, 4) is 33.4 Å². The van der Waals surface area contributed by atoms with E-state index < -0.39 is 0 Å². The van der Waals surface area contributed by atoms with Crippen LogP contribution in [-0.2, 0) is 5.41 Å². The second kappa shape index (κ2) is 16.4. The van der Waals surface area contributed by atoms with Crippen LogP contribution < -0.4 is 9.80 Å². The molecule has 0 heterocycles. The molecule has 0 atom stereocenters. The van der Waals surface area contributed by atoms with Crippen molar-refractivity contribution in [2.24, 2.45) is 0 Å². The van der Waals surface area contributed by atoms with Gasteiger partial charge in [0.25, 0.3) is 0 Å². The molecule has 0 fully saturated rings. The van der Waals surface area contributed by atoms with Crippen LogP contribution >= 0.6 is 0 Å². The van der Waals surface area contributed by atoms with Gasteiger partial charge in [-0.25, -0.2) is 0 Å². The molecule has 0 N–H and O–H groups in total. The molecule has 0 radical (unpaired) electrons. The van der Waals surface area contributed by atoms with E-state index in [1.165, 1.54) is 60.8 Å². The molecule has 0 bridgehead atoms. The highest BCUT2D eigenvalue weighted by atomic mass is 15.1. The van der Waals surface area contributed by atoms with Crippen molar-refractivity contribution in [1.29, 1.82) is 0 Å². The normalized spacial score (nSPS) is 12.8. The Labute approximate surface area is 366 Å². The molecule has 0 saturated carbocycles. The van der Waals surface area contributed by atoms with Crippen LogP contribution in [0.3, 0.4) is 0 Å². The third-order valence-electron chi connectivity index (χ3n) is 12.3. The molecule has 0 aromatic heterocycles. The van der Waals surface area contributed by atoms with E-state index in [2.05, 4.69) is 267 Å². The summed E-state index contributed by atoms with van der Waals surface area (Å²) in [5.74, 6) is 0. The summed E-state index contributed by atoms with van der Waals surface area (Å²) in [5.41, 5.74) is 17.8. The first-order valence-corrected chi connectivity index (χ1v) is 21.5. The van der Waals surface area contributed by atoms with Crippen molar-refractivity contribution in [2.75, 3.05) is 9.80 Å². The zero-order chi connectivity index (χ0) is 42.0. The second-order valence-corrected chi connectivity index (χ2v) is 16.5. The van der Waals surface area contributed by atoms with Gasteiger partial charge >= 0.3 is 0 Å². The molecule has 0 saturated heterocycles. The Morgan fingerprint density at radius 2 is 0.806 bits per heavy atom. The molecule has 2 heteroatoms. The Morgan fingerprint density at radius 3 is 1.32 bits per heavy atom. The maximum atomic E-state index is 2.43. The van der Waals surface area contributed by atoms with E-state index in [0.717, 1.165) is 34.1 Å². The average molecular weight is 797 g/mol. The van der Waals surface area contributed by atoms with Gasteiger partial charge in [-0.15, -0.1) is 0 Å². The molecule has 9 aromatic rings. The van der Waals surface area contributed by atoms with Gasteiger partial charge in [0.2, 0.25) is 0 Å². The first kappa shape index (κ1) is 38.5. The van der Waals surface area contributed by atoms with Crippen LogP contribution in [0.15, 0.2) is 231 Å². The predicted octanol–water partition coefficient (Wildman–Crippen LogP) is 17.0. The second-order valence-electron chi connectivity index (χ2n) is 16.5. The van der Waals surface area contributed by atoms with Crippen molar-refractivity contribution >= 4 is 51.0 Å². The van der Waals surface area contributed by atoms with Crippen molar-refractivity contribution in [3.05, 3.63) is 247 Å². The van der Waals surface area contributed by atoms with Gasteiger partial charge in [0.1, 0.15) is 0 Å². The van der Waals surface area contributed by atoms with Crippen LogP contribution in [0, 0.1) is 0 Å². The monoisotopic (exact) mass is 796 g/mol. The summed E-state index contributed by atoms with van der Waals surface area (Å²) in [6.45, 7) is 6.86. The maximum absolute atomic E-state index is 2.43. The summed E-state index contributed by atoms with van der Waals surface area (Å²) < 4.78 is 0. The van der Waals surface area contributed by atoms with E-state index in [1.807, 2.05) is 0 Å². The molecule has 0 amide bonds. The number of benzene rings is 9. The van der Waals surface area contributed by atoms with E-state index in [-0.39, 0.29) is 5.41 Å². The van der Waals surface area contributed by atoms with Crippen LogP contribution in [0.4, 0.5) is 34.1 Å². The minimum absolute atomic E-state index is 0.266. The molecule has 10 rings (SSSR count). The molecule has 0 unspecified atom stereocenters. The van der Waals surface area contributed by atoms with Crippen molar-refractivity contribution < 1.29 is 0 Å². The molecule has 0 spiro atoms. The van der Waals surface area contributed by atoms with Crippen LogP contribution in [0.25, 0.3) is 50.2 Å². The average Bonchev–Trinajstić information content (AvgIpc) is 3.56. The summed E-state index contributed by atoms with van der Waals surface area (Å²) in [6, 6.07) is 77.1. The Hall–Kier alpha value is -7.68. The summed E-state index contributed by atoms with van der Waals surface area (Å²) >= 11 is 0. The van der Waals surface area contributed by atoms with Gasteiger partial charge in [0, 0.05) is 39.5 Å². The van der Waals surface area contributed by atoms with Gasteiger partial charge in [0.15, 0.2) is 0 Å². The first-order chi connectivity index (χ1) is 30.5. The Balaban J connectivity index is 1.09. The molecule has 2 nitrogen and oxygen atoms in total. The van der Waals surface area contributed by atoms with Crippen LogP contribution in [0.1, 0.15) is 37.5 Å². The maximum Gasteiger partial charge on any atom is 0.0468 e.